The zero-order valence-electron chi connectivity index (χ0n) is 10.0. The van der Waals surface area contributed by atoms with Crippen LogP contribution in [-0.2, 0) is 0 Å². The van der Waals surface area contributed by atoms with Crippen LogP contribution in [0.1, 0.15) is 19.3 Å². The molecule has 0 saturated carbocycles. The molecule has 8 heteroatoms. The standard InChI is InChI=1S/C11H12IN3O4/c12-8-6-9(14(16)17)11(10(7-8)15(18)19)13-4-2-1-3-5-13/h6-7H,1-5H2. The van der Waals surface area contributed by atoms with Gasteiger partial charge in [0.15, 0.2) is 5.69 Å². The van der Waals surface area contributed by atoms with Gasteiger partial charge in [-0.2, -0.15) is 0 Å². The van der Waals surface area contributed by atoms with E-state index in [0.717, 1.165) is 19.3 Å². The van der Waals surface area contributed by atoms with E-state index in [0.29, 0.717) is 16.7 Å². The molecule has 102 valence electrons. The minimum atomic E-state index is -0.543. The molecule has 1 aliphatic rings. The number of benzene rings is 1. The molecule has 0 amide bonds. The number of nitrogens with zero attached hydrogens (tertiary/aromatic N) is 3. The van der Waals surface area contributed by atoms with E-state index < -0.39 is 9.85 Å². The largest absolute Gasteiger partial charge is 0.360 e. The van der Waals surface area contributed by atoms with Gasteiger partial charge in [-0.15, -0.1) is 0 Å². The maximum Gasteiger partial charge on any atom is 0.300 e. The molecule has 0 spiro atoms. The van der Waals surface area contributed by atoms with Gasteiger partial charge in [-0.1, -0.05) is 0 Å². The van der Waals surface area contributed by atoms with Crippen molar-refractivity contribution in [2.75, 3.05) is 18.0 Å². The molecule has 1 aliphatic heterocycles. The molecule has 7 nitrogen and oxygen atoms in total. The predicted octanol–water partition coefficient (Wildman–Crippen LogP) is 3.10. The Labute approximate surface area is 123 Å². The van der Waals surface area contributed by atoms with Crippen molar-refractivity contribution in [3.8, 4) is 0 Å². The molecule has 0 bridgehead atoms. The van der Waals surface area contributed by atoms with Crippen molar-refractivity contribution in [3.05, 3.63) is 35.9 Å². The van der Waals surface area contributed by atoms with E-state index in [9.17, 15) is 20.2 Å². The monoisotopic (exact) mass is 377 g/mol. The van der Waals surface area contributed by atoms with Crippen molar-refractivity contribution in [1.29, 1.82) is 0 Å². The average molecular weight is 377 g/mol. The summed E-state index contributed by atoms with van der Waals surface area (Å²) in [4.78, 5) is 23.0. The third-order valence-electron chi connectivity index (χ3n) is 3.10. The lowest BCUT2D eigenvalue weighted by Crippen LogP contribution is -2.30. The van der Waals surface area contributed by atoms with Gasteiger partial charge >= 0.3 is 11.4 Å². The summed E-state index contributed by atoms with van der Waals surface area (Å²) in [6.07, 6.45) is 2.86. The number of nitro benzene ring substituents is 2. The van der Waals surface area contributed by atoms with Crippen LogP contribution < -0.4 is 4.90 Å². The second kappa shape index (κ2) is 5.68. The molecule has 1 aromatic rings. The minimum Gasteiger partial charge on any atom is -0.360 e. The third kappa shape index (κ3) is 2.94. The highest BCUT2D eigenvalue weighted by atomic mass is 127. The topological polar surface area (TPSA) is 89.5 Å². The molecule has 19 heavy (non-hydrogen) atoms. The number of nitro groups is 2. The Bertz CT molecular complexity index is 494. The van der Waals surface area contributed by atoms with Crippen molar-refractivity contribution < 1.29 is 9.85 Å². The summed E-state index contributed by atoms with van der Waals surface area (Å²) in [5.74, 6) is 0. The number of anilines is 1. The minimum absolute atomic E-state index is 0.148. The molecule has 2 rings (SSSR count). The van der Waals surface area contributed by atoms with Crippen LogP contribution in [0.3, 0.4) is 0 Å². The Morgan fingerprint density at radius 2 is 1.47 bits per heavy atom. The van der Waals surface area contributed by atoms with Crippen molar-refractivity contribution in [1.82, 2.24) is 0 Å². The van der Waals surface area contributed by atoms with Gasteiger partial charge in [0.2, 0.25) is 0 Å². The van der Waals surface area contributed by atoms with Gasteiger partial charge in [-0.05, 0) is 41.9 Å². The van der Waals surface area contributed by atoms with Crippen molar-refractivity contribution in [2.24, 2.45) is 0 Å². The average Bonchev–Trinajstić information content (AvgIpc) is 2.38. The molecule has 0 atom stereocenters. The van der Waals surface area contributed by atoms with Crippen LogP contribution in [-0.4, -0.2) is 22.9 Å². The first-order valence-corrected chi connectivity index (χ1v) is 6.96. The number of halogens is 1. The van der Waals surface area contributed by atoms with E-state index in [4.69, 9.17) is 0 Å². The number of hydrogen-bond acceptors (Lipinski definition) is 5. The zero-order valence-corrected chi connectivity index (χ0v) is 12.2. The molecular weight excluding hydrogens is 365 g/mol. The van der Waals surface area contributed by atoms with Crippen LogP contribution >= 0.6 is 22.6 Å². The van der Waals surface area contributed by atoms with E-state index in [-0.39, 0.29) is 17.1 Å². The summed E-state index contributed by atoms with van der Waals surface area (Å²) in [5.41, 5.74) is -0.212. The van der Waals surface area contributed by atoms with Gasteiger partial charge in [0.25, 0.3) is 0 Å². The van der Waals surface area contributed by atoms with Crippen LogP contribution in [0.4, 0.5) is 17.1 Å². The fourth-order valence-electron chi connectivity index (χ4n) is 2.29. The van der Waals surface area contributed by atoms with Crippen LogP contribution in [0.25, 0.3) is 0 Å². The van der Waals surface area contributed by atoms with E-state index in [1.54, 1.807) is 4.90 Å². The number of rotatable bonds is 3. The molecular formula is C11H12IN3O4. The molecule has 0 unspecified atom stereocenters. The quantitative estimate of drug-likeness (QED) is 0.459. The summed E-state index contributed by atoms with van der Waals surface area (Å²) in [6.45, 7) is 1.25. The number of hydrogen-bond donors (Lipinski definition) is 0. The first kappa shape index (κ1) is 14.0. The summed E-state index contributed by atoms with van der Waals surface area (Å²) in [6, 6.07) is 2.77. The SMILES string of the molecule is O=[N+]([O-])c1cc(I)cc([N+](=O)[O-])c1N1CCCCC1. The van der Waals surface area contributed by atoms with Crippen molar-refractivity contribution >= 4 is 39.7 Å². The van der Waals surface area contributed by atoms with Gasteiger partial charge in [-0.25, -0.2) is 0 Å². The maximum absolute atomic E-state index is 11.1. The van der Waals surface area contributed by atoms with Gasteiger partial charge in [0, 0.05) is 28.8 Å². The molecule has 0 radical (unpaired) electrons. The third-order valence-corrected chi connectivity index (χ3v) is 3.72. The fraction of sp³-hybridized carbons (Fsp3) is 0.455. The second-order valence-corrected chi connectivity index (χ2v) is 5.60. The Balaban J connectivity index is 2.59. The second-order valence-electron chi connectivity index (χ2n) is 4.35. The van der Waals surface area contributed by atoms with Crippen molar-refractivity contribution in [2.45, 2.75) is 19.3 Å². The van der Waals surface area contributed by atoms with Gasteiger partial charge in [0.05, 0.1) is 9.85 Å². The maximum atomic E-state index is 11.1. The number of piperidine rings is 1. The van der Waals surface area contributed by atoms with E-state index in [1.165, 1.54) is 12.1 Å². The Morgan fingerprint density at radius 1 is 1.00 bits per heavy atom. The summed E-state index contributed by atoms with van der Waals surface area (Å²) in [5, 5.41) is 22.3. The highest BCUT2D eigenvalue weighted by Crippen LogP contribution is 2.40. The molecule has 1 aromatic carbocycles. The van der Waals surface area contributed by atoms with E-state index in [1.807, 2.05) is 22.6 Å². The molecule has 1 heterocycles. The lowest BCUT2D eigenvalue weighted by atomic mass is 10.1. The van der Waals surface area contributed by atoms with Crippen molar-refractivity contribution in [3.63, 3.8) is 0 Å². The Hall–Kier alpha value is -1.45. The summed E-state index contributed by atoms with van der Waals surface area (Å²) >= 11 is 1.86. The van der Waals surface area contributed by atoms with Gasteiger partial charge in [-0.3, -0.25) is 20.2 Å². The zero-order chi connectivity index (χ0) is 14.0. The smallest absolute Gasteiger partial charge is 0.300 e. The summed E-state index contributed by atoms with van der Waals surface area (Å²) in [7, 11) is 0. The van der Waals surface area contributed by atoms with Crippen LogP contribution in [0.15, 0.2) is 12.1 Å². The predicted molar refractivity (Wildman–Crippen MR) is 78.5 cm³/mol. The van der Waals surface area contributed by atoms with Crippen LogP contribution in [0.5, 0.6) is 0 Å². The fourth-order valence-corrected chi connectivity index (χ4v) is 2.88. The highest BCUT2D eigenvalue weighted by Gasteiger charge is 2.31. The molecule has 1 fully saturated rings. The molecule has 0 aliphatic carbocycles. The lowest BCUT2D eigenvalue weighted by Gasteiger charge is -2.27. The molecule has 0 N–H and O–H groups in total. The first-order chi connectivity index (χ1) is 9.00. The van der Waals surface area contributed by atoms with Gasteiger partial charge < -0.3 is 4.90 Å². The summed E-state index contributed by atoms with van der Waals surface area (Å²) < 4.78 is 0.497. The Kier molecular flexibility index (Phi) is 4.17. The molecule has 1 saturated heterocycles. The first-order valence-electron chi connectivity index (χ1n) is 5.88. The van der Waals surface area contributed by atoms with Gasteiger partial charge in [0.1, 0.15) is 0 Å². The van der Waals surface area contributed by atoms with E-state index >= 15 is 0 Å². The van der Waals surface area contributed by atoms with E-state index in [2.05, 4.69) is 0 Å². The molecule has 0 aromatic heterocycles. The normalized spacial score (nSPS) is 15.3. The van der Waals surface area contributed by atoms with Crippen LogP contribution in [0.2, 0.25) is 0 Å². The lowest BCUT2D eigenvalue weighted by molar-refractivity contribution is -0.392. The Morgan fingerprint density at radius 3 is 1.89 bits per heavy atom. The van der Waals surface area contributed by atoms with Crippen LogP contribution in [0, 0.1) is 23.8 Å². The highest BCUT2D eigenvalue weighted by molar-refractivity contribution is 14.1.